The van der Waals surface area contributed by atoms with E-state index < -0.39 is 30.5 Å². The minimum atomic E-state index is -1.26. The number of anilines is 1. The normalized spacial score (nSPS) is 25.0. The lowest BCUT2D eigenvalue weighted by Crippen LogP contribution is -2.34. The Balaban J connectivity index is 1.49. The summed E-state index contributed by atoms with van der Waals surface area (Å²) in [5, 5.41) is 20.7. The molecule has 140 valence electrons. The number of ether oxygens (including phenoxy) is 2. The molecule has 2 aromatic heterocycles. The number of imidazole rings is 1. The first-order valence-corrected chi connectivity index (χ1v) is 8.23. The van der Waals surface area contributed by atoms with Gasteiger partial charge in [0.15, 0.2) is 17.7 Å². The fraction of sp³-hybridized carbons (Fsp3) is 0.294. The molecular weight excluding hydrogens is 354 g/mol. The Kier molecular flexibility index (Phi) is 4.44. The maximum absolute atomic E-state index is 12.0. The molecule has 1 aliphatic rings. The zero-order valence-electron chi connectivity index (χ0n) is 14.0. The number of carbonyl (C=O) groups excluding carboxylic acids is 1. The number of benzene rings is 1. The summed E-state index contributed by atoms with van der Waals surface area (Å²) in [7, 11) is 0. The lowest BCUT2D eigenvalue weighted by molar-refractivity contribution is -0.0565. The Morgan fingerprint density at radius 2 is 1.96 bits per heavy atom. The average Bonchev–Trinajstić information content (AvgIpc) is 3.23. The molecule has 3 heterocycles. The van der Waals surface area contributed by atoms with Crippen LogP contribution >= 0.6 is 0 Å². The SMILES string of the molecule is Nc1ncnc2c1ncn2[C@H]1O[C@@H](COC(=O)c2ccccc2)C(O)C1O. The minimum Gasteiger partial charge on any atom is -0.459 e. The number of aromatic nitrogens is 4. The third-order valence-corrected chi connectivity index (χ3v) is 4.39. The molecule has 3 aromatic rings. The van der Waals surface area contributed by atoms with Crippen LogP contribution in [0, 0.1) is 0 Å². The second kappa shape index (κ2) is 6.91. The molecule has 0 bridgehead atoms. The largest absolute Gasteiger partial charge is 0.459 e. The number of rotatable bonds is 4. The van der Waals surface area contributed by atoms with E-state index >= 15 is 0 Å². The summed E-state index contributed by atoms with van der Waals surface area (Å²) in [4.78, 5) is 24.1. The maximum atomic E-state index is 12.0. The Morgan fingerprint density at radius 3 is 2.74 bits per heavy atom. The molecule has 27 heavy (non-hydrogen) atoms. The minimum absolute atomic E-state index is 0.195. The second-order valence-electron chi connectivity index (χ2n) is 6.09. The van der Waals surface area contributed by atoms with Gasteiger partial charge in [0.25, 0.3) is 0 Å². The summed E-state index contributed by atoms with van der Waals surface area (Å²) < 4.78 is 12.4. The zero-order chi connectivity index (χ0) is 19.0. The fourth-order valence-electron chi connectivity index (χ4n) is 2.97. The van der Waals surface area contributed by atoms with Crippen molar-refractivity contribution < 1.29 is 24.5 Å². The average molecular weight is 371 g/mol. The van der Waals surface area contributed by atoms with E-state index in [2.05, 4.69) is 15.0 Å². The van der Waals surface area contributed by atoms with Crippen LogP contribution in [0.1, 0.15) is 16.6 Å². The molecule has 1 fully saturated rings. The Bertz CT molecular complexity index is 963. The van der Waals surface area contributed by atoms with Crippen LogP contribution < -0.4 is 5.73 Å². The van der Waals surface area contributed by atoms with Crippen LogP contribution in [0.25, 0.3) is 11.2 Å². The molecule has 4 N–H and O–H groups in total. The summed E-state index contributed by atoms with van der Waals surface area (Å²) in [6.45, 7) is -0.216. The smallest absolute Gasteiger partial charge is 0.338 e. The van der Waals surface area contributed by atoms with Crippen molar-refractivity contribution in [3.8, 4) is 0 Å². The molecule has 4 rings (SSSR count). The molecule has 1 saturated heterocycles. The molecule has 4 atom stereocenters. The second-order valence-corrected chi connectivity index (χ2v) is 6.09. The molecular formula is C17H17N5O5. The van der Waals surface area contributed by atoms with Gasteiger partial charge < -0.3 is 25.4 Å². The van der Waals surface area contributed by atoms with Crippen LogP contribution in [0.15, 0.2) is 43.0 Å². The molecule has 0 saturated carbocycles. The standard InChI is InChI=1S/C17H17N5O5/c18-14-11-15(20-7-19-14)22(8-21-11)16-13(24)12(23)10(27-16)6-26-17(25)9-4-2-1-3-5-9/h1-5,7-8,10,12-13,16,23-24H,6H2,(H2,18,19,20)/t10-,12?,13?,16-/m0/s1. The maximum Gasteiger partial charge on any atom is 0.338 e. The molecule has 0 radical (unpaired) electrons. The number of esters is 1. The first-order chi connectivity index (χ1) is 13.1. The van der Waals surface area contributed by atoms with Gasteiger partial charge >= 0.3 is 5.97 Å². The van der Waals surface area contributed by atoms with Crippen molar-refractivity contribution in [3.05, 3.63) is 48.5 Å². The topological polar surface area (TPSA) is 146 Å². The van der Waals surface area contributed by atoms with Crippen LogP contribution in [0.3, 0.4) is 0 Å². The van der Waals surface area contributed by atoms with E-state index in [-0.39, 0.29) is 12.4 Å². The molecule has 0 spiro atoms. The van der Waals surface area contributed by atoms with E-state index in [0.29, 0.717) is 16.7 Å². The summed E-state index contributed by atoms with van der Waals surface area (Å²) in [5.74, 6) is -0.349. The van der Waals surface area contributed by atoms with Gasteiger partial charge in [-0.15, -0.1) is 0 Å². The summed E-state index contributed by atoms with van der Waals surface area (Å²) in [5.41, 5.74) is 6.87. The van der Waals surface area contributed by atoms with Crippen LogP contribution in [0.5, 0.6) is 0 Å². The van der Waals surface area contributed by atoms with Crippen LogP contribution in [-0.4, -0.2) is 60.6 Å². The van der Waals surface area contributed by atoms with Crippen molar-refractivity contribution in [2.45, 2.75) is 24.5 Å². The predicted octanol–water partition coefficient (Wildman–Crippen LogP) is -0.115. The molecule has 0 amide bonds. The lowest BCUT2D eigenvalue weighted by Gasteiger charge is -2.16. The van der Waals surface area contributed by atoms with Gasteiger partial charge in [-0.2, -0.15) is 0 Å². The van der Waals surface area contributed by atoms with Crippen molar-refractivity contribution in [1.82, 2.24) is 19.5 Å². The van der Waals surface area contributed by atoms with Crippen molar-refractivity contribution in [1.29, 1.82) is 0 Å². The van der Waals surface area contributed by atoms with Crippen LogP contribution in [0.2, 0.25) is 0 Å². The number of hydrogen-bond acceptors (Lipinski definition) is 9. The van der Waals surface area contributed by atoms with Crippen LogP contribution in [0.4, 0.5) is 5.82 Å². The highest BCUT2D eigenvalue weighted by Gasteiger charge is 2.45. The van der Waals surface area contributed by atoms with Crippen molar-refractivity contribution >= 4 is 23.0 Å². The molecule has 1 aliphatic heterocycles. The Morgan fingerprint density at radius 1 is 1.19 bits per heavy atom. The molecule has 2 unspecified atom stereocenters. The molecule has 10 heteroatoms. The van der Waals surface area contributed by atoms with E-state index in [1.54, 1.807) is 30.3 Å². The highest BCUT2D eigenvalue weighted by atomic mass is 16.6. The van der Waals surface area contributed by atoms with E-state index in [1.165, 1.54) is 17.2 Å². The van der Waals surface area contributed by atoms with Gasteiger partial charge in [0.2, 0.25) is 0 Å². The summed E-state index contributed by atoms with van der Waals surface area (Å²) in [6.07, 6.45) is -1.72. The van der Waals surface area contributed by atoms with Gasteiger partial charge in [-0.3, -0.25) is 4.57 Å². The highest BCUT2D eigenvalue weighted by molar-refractivity contribution is 5.89. The summed E-state index contributed by atoms with van der Waals surface area (Å²) >= 11 is 0. The predicted molar refractivity (Wildman–Crippen MR) is 92.4 cm³/mol. The fourth-order valence-corrected chi connectivity index (χ4v) is 2.97. The van der Waals surface area contributed by atoms with Crippen molar-refractivity contribution in [2.75, 3.05) is 12.3 Å². The Hall–Kier alpha value is -3.08. The quantitative estimate of drug-likeness (QED) is 0.534. The monoisotopic (exact) mass is 371 g/mol. The van der Waals surface area contributed by atoms with Gasteiger partial charge in [0.05, 0.1) is 11.9 Å². The first-order valence-electron chi connectivity index (χ1n) is 8.23. The van der Waals surface area contributed by atoms with Crippen LogP contribution in [-0.2, 0) is 9.47 Å². The first kappa shape index (κ1) is 17.3. The van der Waals surface area contributed by atoms with Gasteiger partial charge in [-0.1, -0.05) is 18.2 Å². The van der Waals surface area contributed by atoms with E-state index in [4.69, 9.17) is 15.2 Å². The number of hydrogen-bond donors (Lipinski definition) is 3. The third-order valence-electron chi connectivity index (χ3n) is 4.39. The molecule has 1 aromatic carbocycles. The molecule has 10 nitrogen and oxygen atoms in total. The Labute approximate surface area is 153 Å². The highest BCUT2D eigenvalue weighted by Crippen LogP contribution is 2.32. The van der Waals surface area contributed by atoms with Gasteiger partial charge in [-0.25, -0.2) is 19.7 Å². The zero-order valence-corrected chi connectivity index (χ0v) is 14.0. The van der Waals surface area contributed by atoms with Gasteiger partial charge in [0.1, 0.15) is 36.8 Å². The van der Waals surface area contributed by atoms with E-state index in [1.807, 2.05) is 0 Å². The number of carbonyl (C=O) groups is 1. The number of nitrogens with two attached hydrogens (primary N) is 1. The van der Waals surface area contributed by atoms with Crippen molar-refractivity contribution in [3.63, 3.8) is 0 Å². The number of nitrogen functional groups attached to an aromatic ring is 1. The van der Waals surface area contributed by atoms with Gasteiger partial charge in [-0.05, 0) is 12.1 Å². The number of fused-ring (bicyclic) bond motifs is 1. The van der Waals surface area contributed by atoms with Gasteiger partial charge in [0, 0.05) is 0 Å². The van der Waals surface area contributed by atoms with E-state index in [9.17, 15) is 15.0 Å². The number of aliphatic hydroxyl groups excluding tert-OH is 2. The number of nitrogens with zero attached hydrogens (tertiary/aromatic N) is 4. The lowest BCUT2D eigenvalue weighted by atomic mass is 10.1. The summed E-state index contributed by atoms with van der Waals surface area (Å²) in [6, 6.07) is 8.46. The van der Waals surface area contributed by atoms with E-state index in [0.717, 1.165) is 0 Å². The van der Waals surface area contributed by atoms with Crippen molar-refractivity contribution in [2.24, 2.45) is 0 Å². The molecule has 0 aliphatic carbocycles. The number of aliphatic hydroxyl groups is 2. The third kappa shape index (κ3) is 3.10.